The molecular weight excluding hydrogens is 273 g/mol. The van der Waals surface area contributed by atoms with Crippen LogP contribution in [-0.4, -0.2) is 24.3 Å². The molecule has 0 amide bonds. The van der Waals surface area contributed by atoms with Gasteiger partial charge >= 0.3 is 0 Å². The number of nitrogens with one attached hydrogen (secondary N) is 1. The van der Waals surface area contributed by atoms with Crippen molar-refractivity contribution >= 4 is 21.8 Å². The van der Waals surface area contributed by atoms with Crippen LogP contribution < -0.4 is 5.73 Å². The lowest BCUT2D eigenvalue weighted by Gasteiger charge is -2.16. The summed E-state index contributed by atoms with van der Waals surface area (Å²) in [5.74, 6) is -0.0726. The third-order valence-corrected chi connectivity index (χ3v) is 2.60. The quantitative estimate of drug-likeness (QED) is 0.645. The van der Waals surface area contributed by atoms with E-state index < -0.39 is 0 Å². The summed E-state index contributed by atoms with van der Waals surface area (Å²) in [5.41, 5.74) is 6.17. The normalized spacial score (nSPS) is 10.8. The van der Waals surface area contributed by atoms with Crippen LogP contribution in [0.5, 0.6) is 0 Å². The van der Waals surface area contributed by atoms with Crippen molar-refractivity contribution in [3.8, 4) is 0 Å². The molecule has 88 valence electrons. The number of benzene rings is 1. The lowest BCUT2D eigenvalue weighted by molar-refractivity contribution is 0.336. The van der Waals surface area contributed by atoms with E-state index in [-0.39, 0.29) is 11.7 Å². The summed E-state index contributed by atoms with van der Waals surface area (Å²) in [4.78, 5) is 2.00. The standard InChI is InChI=1S/C11H15BrFN3/c1-16(3-2-11(14)15)7-8-4-9(12)6-10(13)5-8/h4-6H,2-3,7H2,1H3,(H3,14,15). The zero-order chi connectivity index (χ0) is 12.1. The molecule has 0 aromatic heterocycles. The van der Waals surface area contributed by atoms with E-state index in [1.807, 2.05) is 18.0 Å². The molecule has 0 heterocycles. The minimum absolute atomic E-state index is 0.173. The van der Waals surface area contributed by atoms with Crippen molar-refractivity contribution in [3.05, 3.63) is 34.1 Å². The number of nitrogens with two attached hydrogens (primary N) is 1. The summed E-state index contributed by atoms with van der Waals surface area (Å²) in [5, 5.41) is 7.12. The summed E-state index contributed by atoms with van der Waals surface area (Å²) in [6, 6.07) is 4.82. The minimum atomic E-state index is -0.246. The van der Waals surface area contributed by atoms with E-state index in [4.69, 9.17) is 11.1 Å². The Bertz CT molecular complexity index is 361. The second-order valence-electron chi connectivity index (χ2n) is 3.79. The Hall–Kier alpha value is -0.940. The molecule has 0 radical (unpaired) electrons. The second-order valence-corrected chi connectivity index (χ2v) is 4.71. The van der Waals surface area contributed by atoms with Crippen molar-refractivity contribution in [2.45, 2.75) is 13.0 Å². The van der Waals surface area contributed by atoms with Crippen LogP contribution in [-0.2, 0) is 6.54 Å². The third kappa shape index (κ3) is 4.72. The molecule has 0 saturated heterocycles. The SMILES string of the molecule is CN(CCC(=N)N)Cc1cc(F)cc(Br)c1. The summed E-state index contributed by atoms with van der Waals surface area (Å²) in [6.07, 6.45) is 0.535. The van der Waals surface area contributed by atoms with Gasteiger partial charge in [0, 0.05) is 24.0 Å². The van der Waals surface area contributed by atoms with Gasteiger partial charge in [-0.3, -0.25) is 5.41 Å². The predicted octanol–water partition coefficient (Wildman–Crippen LogP) is 2.35. The van der Waals surface area contributed by atoms with Crippen LogP contribution in [0.25, 0.3) is 0 Å². The monoisotopic (exact) mass is 287 g/mol. The summed E-state index contributed by atoms with van der Waals surface area (Å²) in [6.45, 7) is 1.34. The molecule has 0 aliphatic rings. The zero-order valence-electron chi connectivity index (χ0n) is 9.13. The van der Waals surface area contributed by atoms with E-state index in [2.05, 4.69) is 15.9 Å². The number of hydrogen-bond donors (Lipinski definition) is 2. The van der Waals surface area contributed by atoms with Gasteiger partial charge in [0.2, 0.25) is 0 Å². The lowest BCUT2D eigenvalue weighted by atomic mass is 10.2. The summed E-state index contributed by atoms with van der Waals surface area (Å²) < 4.78 is 13.8. The number of nitrogens with zero attached hydrogens (tertiary/aromatic N) is 1. The van der Waals surface area contributed by atoms with Gasteiger partial charge in [0.15, 0.2) is 0 Å². The van der Waals surface area contributed by atoms with Crippen LogP contribution in [0.15, 0.2) is 22.7 Å². The Morgan fingerprint density at radius 2 is 2.19 bits per heavy atom. The van der Waals surface area contributed by atoms with Crippen molar-refractivity contribution in [1.29, 1.82) is 5.41 Å². The van der Waals surface area contributed by atoms with Gasteiger partial charge in [-0.2, -0.15) is 0 Å². The molecule has 1 aromatic carbocycles. The van der Waals surface area contributed by atoms with Crippen LogP contribution in [0.4, 0.5) is 4.39 Å². The third-order valence-electron chi connectivity index (χ3n) is 2.14. The lowest BCUT2D eigenvalue weighted by Crippen LogP contribution is -2.23. The molecule has 0 aliphatic carbocycles. The van der Waals surface area contributed by atoms with E-state index in [0.29, 0.717) is 19.5 Å². The average Bonchev–Trinajstić information content (AvgIpc) is 2.12. The molecule has 0 saturated carbocycles. The van der Waals surface area contributed by atoms with E-state index in [1.165, 1.54) is 12.1 Å². The van der Waals surface area contributed by atoms with Gasteiger partial charge in [-0.25, -0.2) is 4.39 Å². The Kier molecular flexibility index (Phi) is 4.89. The Labute approximate surface area is 103 Å². The van der Waals surface area contributed by atoms with Gasteiger partial charge in [-0.1, -0.05) is 15.9 Å². The van der Waals surface area contributed by atoms with Crippen molar-refractivity contribution in [2.24, 2.45) is 5.73 Å². The minimum Gasteiger partial charge on any atom is -0.388 e. The molecule has 0 atom stereocenters. The van der Waals surface area contributed by atoms with Crippen LogP contribution >= 0.6 is 15.9 Å². The number of amidine groups is 1. The zero-order valence-corrected chi connectivity index (χ0v) is 10.7. The highest BCUT2D eigenvalue weighted by molar-refractivity contribution is 9.10. The number of halogens is 2. The van der Waals surface area contributed by atoms with Crippen LogP contribution in [0, 0.1) is 11.2 Å². The van der Waals surface area contributed by atoms with E-state index in [9.17, 15) is 4.39 Å². The van der Waals surface area contributed by atoms with Gasteiger partial charge in [-0.15, -0.1) is 0 Å². The first-order valence-electron chi connectivity index (χ1n) is 4.94. The van der Waals surface area contributed by atoms with Gasteiger partial charge in [-0.05, 0) is 30.8 Å². The van der Waals surface area contributed by atoms with Crippen molar-refractivity contribution in [3.63, 3.8) is 0 Å². The fourth-order valence-electron chi connectivity index (χ4n) is 1.40. The Balaban J connectivity index is 2.55. The number of hydrogen-bond acceptors (Lipinski definition) is 2. The Morgan fingerprint density at radius 3 is 2.75 bits per heavy atom. The largest absolute Gasteiger partial charge is 0.388 e. The summed E-state index contributed by atoms with van der Waals surface area (Å²) in [7, 11) is 1.92. The van der Waals surface area contributed by atoms with E-state index in [1.54, 1.807) is 0 Å². The molecule has 0 aliphatic heterocycles. The predicted molar refractivity (Wildman–Crippen MR) is 67.0 cm³/mol. The molecule has 0 spiro atoms. The maximum Gasteiger partial charge on any atom is 0.124 e. The van der Waals surface area contributed by atoms with Crippen molar-refractivity contribution in [1.82, 2.24) is 4.90 Å². The molecule has 5 heteroatoms. The smallest absolute Gasteiger partial charge is 0.124 e. The van der Waals surface area contributed by atoms with Crippen molar-refractivity contribution in [2.75, 3.05) is 13.6 Å². The fraction of sp³-hybridized carbons (Fsp3) is 0.364. The first-order chi connectivity index (χ1) is 7.47. The molecule has 0 unspecified atom stereocenters. The molecule has 0 fully saturated rings. The first kappa shape index (κ1) is 13.1. The van der Waals surface area contributed by atoms with Gasteiger partial charge in [0.1, 0.15) is 5.82 Å². The topological polar surface area (TPSA) is 53.1 Å². The number of rotatable bonds is 5. The molecule has 3 N–H and O–H groups in total. The van der Waals surface area contributed by atoms with Gasteiger partial charge in [0.05, 0.1) is 5.84 Å². The average molecular weight is 288 g/mol. The van der Waals surface area contributed by atoms with E-state index >= 15 is 0 Å². The van der Waals surface area contributed by atoms with E-state index in [0.717, 1.165) is 10.0 Å². The van der Waals surface area contributed by atoms with Crippen LogP contribution in [0.2, 0.25) is 0 Å². The van der Waals surface area contributed by atoms with Crippen LogP contribution in [0.1, 0.15) is 12.0 Å². The maximum atomic E-state index is 13.1. The maximum absolute atomic E-state index is 13.1. The molecule has 1 rings (SSSR count). The molecule has 1 aromatic rings. The van der Waals surface area contributed by atoms with Gasteiger partial charge < -0.3 is 10.6 Å². The molecule has 3 nitrogen and oxygen atoms in total. The highest BCUT2D eigenvalue weighted by Crippen LogP contribution is 2.15. The van der Waals surface area contributed by atoms with Crippen molar-refractivity contribution < 1.29 is 4.39 Å². The van der Waals surface area contributed by atoms with Crippen LogP contribution in [0.3, 0.4) is 0 Å². The highest BCUT2D eigenvalue weighted by Gasteiger charge is 2.03. The second kappa shape index (κ2) is 5.96. The highest BCUT2D eigenvalue weighted by atomic mass is 79.9. The molecular formula is C11H15BrFN3. The Morgan fingerprint density at radius 1 is 1.50 bits per heavy atom. The fourth-order valence-corrected chi connectivity index (χ4v) is 1.92. The molecule has 0 bridgehead atoms. The summed E-state index contributed by atoms with van der Waals surface area (Å²) >= 11 is 3.25. The first-order valence-corrected chi connectivity index (χ1v) is 5.73. The molecule has 16 heavy (non-hydrogen) atoms. The van der Waals surface area contributed by atoms with Gasteiger partial charge in [0.25, 0.3) is 0 Å².